The first-order valence-corrected chi connectivity index (χ1v) is 8.94. The lowest BCUT2D eigenvalue weighted by Gasteiger charge is -2.38. The minimum Gasteiger partial charge on any atom is -0.480 e. The van der Waals surface area contributed by atoms with Gasteiger partial charge in [-0.2, -0.15) is 0 Å². The zero-order chi connectivity index (χ0) is 17.9. The van der Waals surface area contributed by atoms with Crippen molar-refractivity contribution in [3.05, 3.63) is 23.0 Å². The number of esters is 1. The van der Waals surface area contributed by atoms with Crippen LogP contribution in [0.15, 0.2) is 6.20 Å². The van der Waals surface area contributed by atoms with Crippen LogP contribution in [0, 0.1) is 6.92 Å². The van der Waals surface area contributed by atoms with Crippen molar-refractivity contribution < 1.29 is 19.4 Å². The Labute approximate surface area is 144 Å². The Morgan fingerprint density at radius 3 is 2.54 bits per heavy atom. The molecule has 1 aliphatic heterocycles. The Bertz CT molecular complexity index is 619. The molecule has 1 aromatic heterocycles. The Balaban J connectivity index is 2.19. The topological polar surface area (TPSA) is 68.5 Å². The van der Waals surface area contributed by atoms with Crippen LogP contribution < -0.4 is 0 Å². The molecule has 0 saturated carbocycles. The van der Waals surface area contributed by atoms with E-state index in [0.29, 0.717) is 17.7 Å². The predicted octanol–water partition coefficient (Wildman–Crippen LogP) is 3.97. The van der Waals surface area contributed by atoms with Crippen LogP contribution in [0.2, 0.25) is 0 Å². The van der Waals surface area contributed by atoms with Crippen LogP contribution in [-0.2, 0) is 22.0 Å². The van der Waals surface area contributed by atoms with Crippen LogP contribution in [-0.4, -0.2) is 27.7 Å². The Kier molecular flexibility index (Phi) is 5.73. The third-order valence-electron chi connectivity index (χ3n) is 5.22. The number of carboxylic acids is 1. The normalized spacial score (nSPS) is 23.0. The molecule has 2 heterocycles. The van der Waals surface area contributed by atoms with Gasteiger partial charge in [-0.3, -0.25) is 4.79 Å². The number of cyclic esters (lactones) is 1. The van der Waals surface area contributed by atoms with Gasteiger partial charge in [0, 0.05) is 13.2 Å². The summed E-state index contributed by atoms with van der Waals surface area (Å²) >= 11 is 0. The number of rotatable bonds is 8. The van der Waals surface area contributed by atoms with E-state index in [0.717, 1.165) is 24.8 Å². The monoisotopic (exact) mass is 335 g/mol. The second kappa shape index (κ2) is 7.41. The first-order valence-electron chi connectivity index (χ1n) is 8.94. The maximum atomic E-state index is 12.4. The zero-order valence-electron chi connectivity index (χ0n) is 15.2. The molecule has 0 amide bonds. The summed E-state index contributed by atoms with van der Waals surface area (Å²) in [5.41, 5.74) is 0.555. The van der Waals surface area contributed by atoms with Crippen molar-refractivity contribution in [2.45, 2.75) is 77.2 Å². The van der Waals surface area contributed by atoms with E-state index in [9.17, 15) is 14.7 Å². The number of aliphatic carboxylic acids is 1. The van der Waals surface area contributed by atoms with Crippen LogP contribution >= 0.6 is 0 Å². The van der Waals surface area contributed by atoms with E-state index in [1.807, 2.05) is 6.92 Å². The van der Waals surface area contributed by atoms with Crippen LogP contribution in [0.3, 0.4) is 0 Å². The van der Waals surface area contributed by atoms with Crippen LogP contribution in [0.4, 0.5) is 0 Å². The highest BCUT2D eigenvalue weighted by atomic mass is 16.5. The van der Waals surface area contributed by atoms with E-state index >= 15 is 0 Å². The fourth-order valence-electron chi connectivity index (χ4n) is 3.82. The second-order valence-electron chi connectivity index (χ2n) is 7.10. The lowest BCUT2D eigenvalue weighted by molar-refractivity contribution is -0.149. The number of ether oxygens (including phenoxy) is 1. The van der Waals surface area contributed by atoms with Gasteiger partial charge >= 0.3 is 11.9 Å². The molecule has 0 spiro atoms. The van der Waals surface area contributed by atoms with Crippen molar-refractivity contribution >= 4 is 11.9 Å². The summed E-state index contributed by atoms with van der Waals surface area (Å²) in [5, 5.41) is 9.90. The van der Waals surface area contributed by atoms with Crippen LogP contribution in [0.25, 0.3) is 0 Å². The minimum absolute atomic E-state index is 0.391. The maximum absolute atomic E-state index is 12.4. The molecule has 0 saturated heterocycles. The number of aromatic nitrogens is 1. The van der Waals surface area contributed by atoms with Crippen LogP contribution in [0.1, 0.15) is 80.4 Å². The molecular weight excluding hydrogens is 306 g/mol. The second-order valence-corrected chi connectivity index (χ2v) is 7.10. The van der Waals surface area contributed by atoms with E-state index in [1.54, 1.807) is 24.7 Å². The number of hydrogen-bond acceptors (Lipinski definition) is 3. The van der Waals surface area contributed by atoms with Crippen molar-refractivity contribution in [2.75, 3.05) is 0 Å². The molecular formula is C19H29NO4. The summed E-state index contributed by atoms with van der Waals surface area (Å²) in [6.45, 7) is 5.68. The van der Waals surface area contributed by atoms with Gasteiger partial charge < -0.3 is 14.4 Å². The average Bonchev–Trinajstić information content (AvgIpc) is 2.83. The molecule has 2 rings (SSSR count). The summed E-state index contributed by atoms with van der Waals surface area (Å²) in [7, 11) is 1.80. The summed E-state index contributed by atoms with van der Waals surface area (Å²) in [6.07, 6.45) is 8.49. The van der Waals surface area contributed by atoms with E-state index in [2.05, 4.69) is 6.92 Å². The molecule has 1 N–H and O–H groups in total. The van der Waals surface area contributed by atoms with E-state index in [-0.39, 0.29) is 0 Å². The molecule has 0 radical (unpaired) electrons. The SMILES string of the molecule is CCCCCCCCC1OC(=O)c2c(C)cn(C)c2C1(C)C(=O)O. The Morgan fingerprint density at radius 1 is 1.29 bits per heavy atom. The number of fused-ring (bicyclic) bond motifs is 1. The van der Waals surface area contributed by atoms with Gasteiger partial charge in [0.1, 0.15) is 11.5 Å². The van der Waals surface area contributed by atoms with Gasteiger partial charge in [0.05, 0.1) is 11.3 Å². The summed E-state index contributed by atoms with van der Waals surface area (Å²) in [5.74, 6) is -1.33. The van der Waals surface area contributed by atoms with Crippen molar-refractivity contribution in [3.8, 4) is 0 Å². The van der Waals surface area contributed by atoms with Gasteiger partial charge in [0.15, 0.2) is 0 Å². The number of unbranched alkanes of at least 4 members (excludes halogenated alkanes) is 5. The quantitative estimate of drug-likeness (QED) is 0.576. The molecule has 0 aromatic carbocycles. The molecule has 5 nitrogen and oxygen atoms in total. The number of carboxylic acid groups (broad SMARTS) is 1. The third-order valence-corrected chi connectivity index (χ3v) is 5.22. The molecule has 0 bridgehead atoms. The zero-order valence-corrected chi connectivity index (χ0v) is 15.2. The standard InChI is InChI=1S/C19H29NO4/c1-5-6-7-8-9-10-11-14-19(3,18(22)23)16-15(17(21)24-14)13(2)12-20(16)4/h12,14H,5-11H2,1-4H3,(H,22,23). The fraction of sp³-hybridized carbons (Fsp3) is 0.684. The number of carbonyl (C=O) groups excluding carboxylic acids is 1. The highest BCUT2D eigenvalue weighted by molar-refractivity contribution is 5.98. The van der Waals surface area contributed by atoms with Gasteiger partial charge in [0.25, 0.3) is 0 Å². The van der Waals surface area contributed by atoms with Crippen LogP contribution in [0.5, 0.6) is 0 Å². The molecule has 1 aliphatic rings. The highest BCUT2D eigenvalue weighted by Gasteiger charge is 2.53. The van der Waals surface area contributed by atoms with Gasteiger partial charge in [-0.15, -0.1) is 0 Å². The molecule has 2 atom stereocenters. The first kappa shape index (κ1) is 18.6. The van der Waals surface area contributed by atoms with Crippen molar-refractivity contribution in [2.24, 2.45) is 7.05 Å². The lowest BCUT2D eigenvalue weighted by Crippen LogP contribution is -2.51. The van der Waals surface area contributed by atoms with Gasteiger partial charge in [-0.25, -0.2) is 4.79 Å². The van der Waals surface area contributed by atoms with Gasteiger partial charge in [-0.05, 0) is 32.3 Å². The average molecular weight is 335 g/mol. The van der Waals surface area contributed by atoms with Crippen molar-refractivity contribution in [1.29, 1.82) is 0 Å². The first-order chi connectivity index (χ1) is 11.3. The summed E-state index contributed by atoms with van der Waals surface area (Å²) in [6, 6.07) is 0. The van der Waals surface area contributed by atoms with E-state index in [4.69, 9.17) is 4.74 Å². The van der Waals surface area contributed by atoms with Crippen molar-refractivity contribution in [3.63, 3.8) is 0 Å². The Morgan fingerprint density at radius 2 is 1.92 bits per heavy atom. The van der Waals surface area contributed by atoms with E-state index in [1.165, 1.54) is 19.3 Å². The Hall–Kier alpha value is -1.78. The molecule has 134 valence electrons. The predicted molar refractivity (Wildman–Crippen MR) is 92.3 cm³/mol. The summed E-state index contributed by atoms with van der Waals surface area (Å²) < 4.78 is 7.35. The van der Waals surface area contributed by atoms with Gasteiger partial charge in [-0.1, -0.05) is 39.0 Å². The summed E-state index contributed by atoms with van der Waals surface area (Å²) in [4.78, 5) is 24.5. The largest absolute Gasteiger partial charge is 0.480 e. The maximum Gasteiger partial charge on any atom is 0.340 e. The van der Waals surface area contributed by atoms with E-state index < -0.39 is 23.5 Å². The number of aryl methyl sites for hydroxylation is 2. The molecule has 5 heteroatoms. The molecule has 24 heavy (non-hydrogen) atoms. The van der Waals surface area contributed by atoms with Gasteiger partial charge in [0.2, 0.25) is 0 Å². The molecule has 2 unspecified atom stereocenters. The number of nitrogens with zero attached hydrogens (tertiary/aromatic N) is 1. The minimum atomic E-state index is -1.20. The van der Waals surface area contributed by atoms with Crippen molar-refractivity contribution in [1.82, 2.24) is 4.57 Å². The third kappa shape index (κ3) is 3.21. The lowest BCUT2D eigenvalue weighted by atomic mass is 9.75. The number of hydrogen-bond donors (Lipinski definition) is 1. The molecule has 0 aliphatic carbocycles. The fourth-order valence-corrected chi connectivity index (χ4v) is 3.82. The number of carbonyl (C=O) groups is 2. The molecule has 1 aromatic rings. The highest BCUT2D eigenvalue weighted by Crippen LogP contribution is 2.41. The molecule has 0 fully saturated rings. The smallest absolute Gasteiger partial charge is 0.340 e.